The van der Waals surface area contributed by atoms with Gasteiger partial charge in [0, 0.05) is 20.4 Å². The average molecular weight is 1040 g/mol. The molecule has 8 rings (SSSR count). The van der Waals surface area contributed by atoms with E-state index in [-0.39, 0.29) is 43.6 Å². The van der Waals surface area contributed by atoms with Crippen molar-refractivity contribution in [3.8, 4) is 0 Å². The number of hydrogen-bond donors (Lipinski definition) is 0. The standard InChI is InChI=1S/4C17H14O.Pd/c4*18-17(13-11-15-7-3-1-4-8-15)14-12-16-9-5-2-6-10-16;/h4*1-14H;/b4*13-11+,14-12+;. The number of allylic oxidation sites excluding steroid dienone is 8. The van der Waals surface area contributed by atoms with Crippen molar-refractivity contribution in [2.75, 3.05) is 0 Å². The monoisotopic (exact) mass is 1040 g/mol. The first-order valence-electron chi connectivity index (χ1n) is 23.4. The molecule has 0 unspecified atom stereocenters. The smallest absolute Gasteiger partial charge is 0.178 e. The zero-order valence-corrected chi connectivity index (χ0v) is 41.8. The summed E-state index contributed by atoms with van der Waals surface area (Å²) in [5.74, 6) is -0.0455. The zero-order valence-electron chi connectivity index (χ0n) is 40.3. The van der Waals surface area contributed by atoms with E-state index in [4.69, 9.17) is 0 Å². The molecule has 0 spiro atoms. The molecule has 0 aliphatic rings. The number of hydrogen-bond acceptors (Lipinski definition) is 4. The molecule has 362 valence electrons. The van der Waals surface area contributed by atoms with Crippen molar-refractivity contribution in [3.05, 3.63) is 336 Å². The van der Waals surface area contributed by atoms with E-state index in [1.165, 1.54) is 0 Å². The van der Waals surface area contributed by atoms with Crippen molar-refractivity contribution >= 4 is 71.7 Å². The Balaban J connectivity index is 0.000000210. The summed E-state index contributed by atoms with van der Waals surface area (Å²) in [4.78, 5) is 46.5. The first kappa shape index (κ1) is 56.6. The van der Waals surface area contributed by atoms with E-state index in [0.717, 1.165) is 44.5 Å². The van der Waals surface area contributed by atoms with Crippen molar-refractivity contribution in [2.24, 2.45) is 0 Å². The number of carbonyl (C=O) groups is 4. The fourth-order valence-corrected chi connectivity index (χ4v) is 6.16. The first-order valence-corrected chi connectivity index (χ1v) is 23.4. The van der Waals surface area contributed by atoms with Gasteiger partial charge in [-0.15, -0.1) is 0 Å². The molecule has 0 amide bonds. The molecular formula is C68H56O4Pd. The summed E-state index contributed by atoms with van der Waals surface area (Å²) >= 11 is 0. The van der Waals surface area contributed by atoms with Crippen LogP contribution in [0, 0.1) is 0 Å². The van der Waals surface area contributed by atoms with Crippen LogP contribution < -0.4 is 0 Å². The van der Waals surface area contributed by atoms with Gasteiger partial charge in [-0.1, -0.05) is 291 Å². The maximum atomic E-state index is 11.6. The van der Waals surface area contributed by atoms with Crippen LogP contribution in [0.4, 0.5) is 0 Å². The normalized spacial score (nSPS) is 11.0. The van der Waals surface area contributed by atoms with E-state index in [1.807, 2.05) is 291 Å². The minimum atomic E-state index is -0.0114. The Hall–Kier alpha value is -8.98. The second-order valence-electron chi connectivity index (χ2n) is 15.6. The Morgan fingerprint density at radius 2 is 0.274 bits per heavy atom. The number of benzene rings is 8. The fraction of sp³-hybridized carbons (Fsp3) is 0. The molecule has 0 radical (unpaired) electrons. The van der Waals surface area contributed by atoms with Gasteiger partial charge in [-0.05, 0) is 93.1 Å². The van der Waals surface area contributed by atoms with E-state index >= 15 is 0 Å². The van der Waals surface area contributed by atoms with Gasteiger partial charge < -0.3 is 0 Å². The predicted molar refractivity (Wildman–Crippen MR) is 304 cm³/mol. The van der Waals surface area contributed by atoms with Crippen LogP contribution in [0.5, 0.6) is 0 Å². The molecule has 73 heavy (non-hydrogen) atoms. The Labute approximate surface area is 444 Å². The van der Waals surface area contributed by atoms with Crippen LogP contribution in [-0.2, 0) is 39.6 Å². The molecule has 0 aromatic heterocycles. The number of carbonyl (C=O) groups excluding carboxylic acids is 4. The molecule has 5 heteroatoms. The van der Waals surface area contributed by atoms with E-state index in [2.05, 4.69) is 0 Å². The average Bonchev–Trinajstić information content (AvgIpc) is 3.45. The van der Waals surface area contributed by atoms with Gasteiger partial charge in [-0.2, -0.15) is 0 Å². The van der Waals surface area contributed by atoms with Crippen LogP contribution in [0.25, 0.3) is 48.6 Å². The van der Waals surface area contributed by atoms with Gasteiger partial charge in [0.05, 0.1) is 0 Å². The van der Waals surface area contributed by atoms with Crippen LogP contribution in [0.1, 0.15) is 44.5 Å². The summed E-state index contributed by atoms with van der Waals surface area (Å²) in [5, 5.41) is 0. The van der Waals surface area contributed by atoms with Gasteiger partial charge in [-0.3, -0.25) is 19.2 Å². The summed E-state index contributed by atoms with van der Waals surface area (Å²) in [7, 11) is 0. The van der Waals surface area contributed by atoms with Crippen LogP contribution in [0.15, 0.2) is 291 Å². The molecule has 0 saturated heterocycles. The molecule has 0 N–H and O–H groups in total. The van der Waals surface area contributed by atoms with Crippen molar-refractivity contribution in [1.82, 2.24) is 0 Å². The van der Waals surface area contributed by atoms with Gasteiger partial charge in [-0.25, -0.2) is 0 Å². The van der Waals surface area contributed by atoms with Gasteiger partial charge in [0.2, 0.25) is 0 Å². The third-order valence-corrected chi connectivity index (χ3v) is 9.92. The Kier molecular flexibility index (Phi) is 27.3. The van der Waals surface area contributed by atoms with Crippen molar-refractivity contribution in [1.29, 1.82) is 0 Å². The maximum Gasteiger partial charge on any atom is 0.178 e. The minimum Gasteiger partial charge on any atom is -0.290 e. The summed E-state index contributed by atoms with van der Waals surface area (Å²) in [6.45, 7) is 0. The third kappa shape index (κ3) is 26.0. The second kappa shape index (κ2) is 35.2. The fourth-order valence-electron chi connectivity index (χ4n) is 6.16. The summed E-state index contributed by atoms with van der Waals surface area (Å²) in [6, 6.07) is 78.2. The molecule has 0 aliphatic carbocycles. The topological polar surface area (TPSA) is 68.3 Å². The van der Waals surface area contributed by atoms with Crippen molar-refractivity contribution < 1.29 is 39.6 Å². The van der Waals surface area contributed by atoms with E-state index in [9.17, 15) is 19.2 Å². The minimum absolute atomic E-state index is 0. The Morgan fingerprint density at radius 1 is 0.178 bits per heavy atom. The van der Waals surface area contributed by atoms with Crippen molar-refractivity contribution in [2.45, 2.75) is 0 Å². The summed E-state index contributed by atoms with van der Waals surface area (Å²) in [6.07, 6.45) is 27.2. The molecule has 8 aromatic carbocycles. The van der Waals surface area contributed by atoms with Gasteiger partial charge in [0.1, 0.15) is 0 Å². The van der Waals surface area contributed by atoms with Crippen molar-refractivity contribution in [3.63, 3.8) is 0 Å². The van der Waals surface area contributed by atoms with E-state index in [1.54, 1.807) is 48.6 Å². The third-order valence-electron chi connectivity index (χ3n) is 9.92. The van der Waals surface area contributed by atoms with E-state index in [0.29, 0.717) is 0 Å². The van der Waals surface area contributed by atoms with E-state index < -0.39 is 0 Å². The molecule has 0 fully saturated rings. The molecule has 0 atom stereocenters. The van der Waals surface area contributed by atoms with Gasteiger partial charge in [0.15, 0.2) is 23.1 Å². The van der Waals surface area contributed by atoms with Crippen LogP contribution in [0.2, 0.25) is 0 Å². The molecule has 0 aliphatic heterocycles. The number of rotatable bonds is 16. The van der Waals surface area contributed by atoms with Crippen LogP contribution in [0.3, 0.4) is 0 Å². The maximum absolute atomic E-state index is 11.6. The Morgan fingerprint density at radius 3 is 0.370 bits per heavy atom. The van der Waals surface area contributed by atoms with Crippen LogP contribution >= 0.6 is 0 Å². The molecule has 0 bridgehead atoms. The SMILES string of the molecule is O=C(/C=C/c1ccccc1)/C=C/c1ccccc1.O=C(/C=C/c1ccccc1)/C=C/c1ccccc1.O=C(/C=C/c1ccccc1)/C=C/c1ccccc1.O=C(/C=C/c1ccccc1)/C=C/c1ccccc1.[Pd]. The quantitative estimate of drug-likeness (QED) is 0.0714. The zero-order chi connectivity index (χ0) is 50.5. The van der Waals surface area contributed by atoms with Crippen LogP contribution in [-0.4, -0.2) is 23.1 Å². The first-order chi connectivity index (χ1) is 35.4. The number of ketones is 4. The molecule has 4 nitrogen and oxygen atoms in total. The summed E-state index contributed by atoms with van der Waals surface area (Å²) < 4.78 is 0. The molecule has 0 heterocycles. The summed E-state index contributed by atoms with van der Waals surface area (Å²) in [5.41, 5.74) is 8.21. The second-order valence-corrected chi connectivity index (χ2v) is 15.6. The predicted octanol–water partition coefficient (Wildman–Crippen LogP) is 15.9. The van der Waals surface area contributed by atoms with Gasteiger partial charge in [0.25, 0.3) is 0 Å². The molecule has 0 saturated carbocycles. The van der Waals surface area contributed by atoms with Gasteiger partial charge >= 0.3 is 0 Å². The largest absolute Gasteiger partial charge is 0.290 e. The Bertz CT molecular complexity index is 2430. The molecule has 8 aromatic rings. The molecular weight excluding hydrogens is 987 g/mol.